The summed E-state index contributed by atoms with van der Waals surface area (Å²) in [5.41, 5.74) is 5.83. The number of amides is 2. The summed E-state index contributed by atoms with van der Waals surface area (Å²) in [7, 11) is 0. The van der Waals surface area contributed by atoms with Crippen molar-refractivity contribution in [2.24, 2.45) is 0 Å². The van der Waals surface area contributed by atoms with Crippen molar-refractivity contribution in [1.82, 2.24) is 14.8 Å². The number of nitrogens with zero attached hydrogens (tertiary/aromatic N) is 2. The predicted octanol–water partition coefficient (Wildman–Crippen LogP) is 3.67. The quantitative estimate of drug-likeness (QED) is 0.672. The number of carbonyl (C=O) groups is 2. The fourth-order valence-corrected chi connectivity index (χ4v) is 5.10. The van der Waals surface area contributed by atoms with Crippen LogP contribution < -0.4 is 5.32 Å². The molecule has 4 heterocycles. The van der Waals surface area contributed by atoms with Crippen molar-refractivity contribution >= 4 is 45.1 Å². The average molecular weight is 469 g/mol. The van der Waals surface area contributed by atoms with Gasteiger partial charge in [-0.2, -0.15) is 0 Å². The van der Waals surface area contributed by atoms with Gasteiger partial charge >= 0.3 is 0 Å². The van der Waals surface area contributed by atoms with E-state index in [4.69, 9.17) is 0 Å². The van der Waals surface area contributed by atoms with Gasteiger partial charge in [0.15, 0.2) is 0 Å². The average Bonchev–Trinajstić information content (AvgIpc) is 3.42. The summed E-state index contributed by atoms with van der Waals surface area (Å²) in [6, 6.07) is 5.76. The molecule has 0 atom stereocenters. The molecule has 2 amide bonds. The lowest BCUT2D eigenvalue weighted by Gasteiger charge is -2.29. The van der Waals surface area contributed by atoms with E-state index in [0.29, 0.717) is 5.57 Å². The molecule has 1 aromatic carbocycles. The largest absolute Gasteiger partial charge is 0.358 e. The molecule has 0 radical (unpaired) electrons. The number of carbonyl (C=O) groups excluding carboxylic acids is 2. The minimum Gasteiger partial charge on any atom is -0.358 e. The zero-order valence-corrected chi connectivity index (χ0v) is 18.6. The van der Waals surface area contributed by atoms with Crippen LogP contribution in [-0.4, -0.2) is 59.3 Å². The lowest BCUT2D eigenvalue weighted by atomic mass is 10.0. The summed E-state index contributed by atoms with van der Waals surface area (Å²) in [6.07, 6.45) is 5.23. The number of hydrogen-bond donors (Lipinski definition) is 2. The molecule has 0 unspecified atom stereocenters. The number of benzene rings is 1. The van der Waals surface area contributed by atoms with E-state index in [-0.39, 0.29) is 11.8 Å². The highest BCUT2D eigenvalue weighted by Gasteiger charge is 2.30. The Bertz CT molecular complexity index is 1070. The number of hydrogen-bond acceptors (Lipinski definition) is 3. The minimum atomic E-state index is -0.117. The molecule has 3 aliphatic rings. The Morgan fingerprint density at radius 1 is 1.13 bits per heavy atom. The van der Waals surface area contributed by atoms with Crippen molar-refractivity contribution < 1.29 is 9.59 Å². The molecule has 156 valence electrons. The second kappa shape index (κ2) is 7.71. The lowest BCUT2D eigenvalue weighted by Crippen LogP contribution is -2.42. The van der Waals surface area contributed by atoms with Crippen LogP contribution in [0.3, 0.4) is 0 Å². The van der Waals surface area contributed by atoms with Crippen LogP contribution in [0, 0.1) is 6.92 Å². The molecule has 1 fully saturated rings. The summed E-state index contributed by atoms with van der Waals surface area (Å²) >= 11 is 3.48. The molecule has 0 saturated carbocycles. The molecule has 30 heavy (non-hydrogen) atoms. The Morgan fingerprint density at radius 3 is 2.73 bits per heavy atom. The number of halogens is 1. The first-order valence-electron chi connectivity index (χ1n) is 10.6. The highest BCUT2D eigenvalue weighted by molar-refractivity contribution is 9.10. The molecular formula is C23H25BrN4O2. The summed E-state index contributed by atoms with van der Waals surface area (Å²) in [5, 5.41) is 2.91. The molecule has 0 aliphatic carbocycles. The van der Waals surface area contributed by atoms with Gasteiger partial charge in [-0.15, -0.1) is 0 Å². The van der Waals surface area contributed by atoms with Gasteiger partial charge in [-0.1, -0.05) is 15.9 Å². The Balaban J connectivity index is 1.42. The van der Waals surface area contributed by atoms with Crippen LogP contribution in [-0.2, 0) is 11.2 Å². The number of likely N-dealkylation sites (tertiary alicyclic amines) is 1. The number of rotatable bonds is 4. The van der Waals surface area contributed by atoms with Gasteiger partial charge < -0.3 is 20.1 Å². The standard InChI is InChI=1S/C23H25BrN4O2/c1-14-20(13-17-16-12-15(24)4-5-18(16)26-22(17)29)25-19-6-9-28(23(30)21(14)19)11-10-27-7-2-3-8-27/h4-5,12-13,25H,2-3,6-11H2,1H3,(H,26,29)/b17-13-. The first-order chi connectivity index (χ1) is 14.5. The Morgan fingerprint density at radius 2 is 1.93 bits per heavy atom. The monoisotopic (exact) mass is 468 g/mol. The van der Waals surface area contributed by atoms with Crippen molar-refractivity contribution in [1.29, 1.82) is 0 Å². The number of anilines is 1. The topological polar surface area (TPSA) is 68.4 Å². The third kappa shape index (κ3) is 3.40. The summed E-state index contributed by atoms with van der Waals surface area (Å²) in [4.78, 5) is 33.6. The molecule has 1 saturated heterocycles. The fourth-order valence-electron chi connectivity index (χ4n) is 4.74. The summed E-state index contributed by atoms with van der Waals surface area (Å²) in [6.45, 7) is 6.74. The van der Waals surface area contributed by atoms with E-state index in [1.54, 1.807) is 0 Å². The van der Waals surface area contributed by atoms with E-state index in [9.17, 15) is 9.59 Å². The van der Waals surface area contributed by atoms with Crippen molar-refractivity contribution in [2.75, 3.05) is 38.0 Å². The molecule has 2 N–H and O–H groups in total. The van der Waals surface area contributed by atoms with E-state index in [0.717, 1.165) is 77.4 Å². The number of fused-ring (bicyclic) bond motifs is 2. The van der Waals surface area contributed by atoms with Gasteiger partial charge in [-0.3, -0.25) is 9.59 Å². The van der Waals surface area contributed by atoms with Crippen molar-refractivity contribution in [3.63, 3.8) is 0 Å². The third-order valence-corrected chi connectivity index (χ3v) is 6.93. The fraction of sp³-hybridized carbons (Fsp3) is 0.391. The Hall–Kier alpha value is -2.38. The summed E-state index contributed by atoms with van der Waals surface area (Å²) < 4.78 is 0.926. The van der Waals surface area contributed by atoms with Gasteiger partial charge in [-0.05, 0) is 62.7 Å². The van der Waals surface area contributed by atoms with E-state index < -0.39 is 0 Å². The van der Waals surface area contributed by atoms with Gasteiger partial charge in [-0.25, -0.2) is 0 Å². The van der Waals surface area contributed by atoms with E-state index in [2.05, 4.69) is 31.1 Å². The van der Waals surface area contributed by atoms with Gasteiger partial charge in [0, 0.05) is 53.2 Å². The summed E-state index contributed by atoms with van der Waals surface area (Å²) in [5.74, 6) is -0.0125. The minimum absolute atomic E-state index is 0.105. The van der Waals surface area contributed by atoms with Crippen molar-refractivity contribution in [3.05, 3.63) is 50.8 Å². The number of aromatic nitrogens is 1. The van der Waals surface area contributed by atoms with Crippen molar-refractivity contribution in [2.45, 2.75) is 26.2 Å². The zero-order chi connectivity index (χ0) is 20.8. The highest BCUT2D eigenvalue weighted by atomic mass is 79.9. The van der Waals surface area contributed by atoms with Gasteiger partial charge in [0.05, 0.1) is 11.1 Å². The maximum absolute atomic E-state index is 13.2. The van der Waals surface area contributed by atoms with Crippen LogP contribution in [0.5, 0.6) is 0 Å². The van der Waals surface area contributed by atoms with Crippen LogP contribution in [0.4, 0.5) is 5.69 Å². The SMILES string of the molecule is Cc1c(/C=C2\C(=O)Nc3ccc(Br)cc32)[nH]c2c1C(=O)N(CCN1CCCC1)CC2. The first kappa shape index (κ1) is 19.6. The highest BCUT2D eigenvalue weighted by Crippen LogP contribution is 2.36. The third-order valence-electron chi connectivity index (χ3n) is 6.44. The molecule has 6 nitrogen and oxygen atoms in total. The second-order valence-electron chi connectivity index (χ2n) is 8.31. The molecule has 2 aromatic rings. The molecule has 3 aliphatic heterocycles. The van der Waals surface area contributed by atoms with Crippen LogP contribution in [0.1, 0.15) is 45.7 Å². The number of H-pyrrole nitrogens is 1. The normalized spacial score (nSPS) is 20.1. The smallest absolute Gasteiger partial charge is 0.256 e. The maximum Gasteiger partial charge on any atom is 0.256 e. The Labute approximate surface area is 184 Å². The molecular weight excluding hydrogens is 444 g/mol. The maximum atomic E-state index is 13.2. The Kier molecular flexibility index (Phi) is 5.03. The zero-order valence-electron chi connectivity index (χ0n) is 17.1. The van der Waals surface area contributed by atoms with Crippen LogP contribution >= 0.6 is 15.9 Å². The molecule has 7 heteroatoms. The second-order valence-corrected chi connectivity index (χ2v) is 9.23. The van der Waals surface area contributed by atoms with Crippen LogP contribution in [0.25, 0.3) is 11.6 Å². The van der Waals surface area contributed by atoms with Gasteiger partial charge in [0.2, 0.25) is 0 Å². The van der Waals surface area contributed by atoms with E-state index in [1.165, 1.54) is 12.8 Å². The van der Waals surface area contributed by atoms with Crippen LogP contribution in [0.15, 0.2) is 22.7 Å². The first-order valence-corrected chi connectivity index (χ1v) is 11.4. The van der Waals surface area contributed by atoms with Crippen LogP contribution in [0.2, 0.25) is 0 Å². The lowest BCUT2D eigenvalue weighted by molar-refractivity contribution is -0.110. The van der Waals surface area contributed by atoms with E-state index >= 15 is 0 Å². The number of nitrogens with one attached hydrogen (secondary N) is 2. The number of aromatic amines is 1. The van der Waals surface area contributed by atoms with Gasteiger partial charge in [0.1, 0.15) is 0 Å². The van der Waals surface area contributed by atoms with Crippen molar-refractivity contribution in [3.8, 4) is 0 Å². The molecule has 0 spiro atoms. The molecule has 5 rings (SSSR count). The van der Waals surface area contributed by atoms with E-state index in [1.807, 2.05) is 36.1 Å². The molecule has 1 aromatic heterocycles. The molecule has 0 bridgehead atoms. The van der Waals surface area contributed by atoms with Gasteiger partial charge in [0.25, 0.3) is 11.8 Å². The predicted molar refractivity (Wildman–Crippen MR) is 121 cm³/mol.